The number of carbonyl (C=O) groups excluding carboxylic acids is 1. The van der Waals surface area contributed by atoms with Gasteiger partial charge in [0.05, 0.1) is 5.56 Å². The number of ether oxygens (including phenoxy) is 1. The number of hydrogen-bond donors (Lipinski definition) is 5. The van der Waals surface area contributed by atoms with Gasteiger partial charge >= 0.3 is 6.09 Å². The number of aliphatic hydroxyl groups is 2. The van der Waals surface area contributed by atoms with E-state index in [1.165, 1.54) is 0 Å². The molecule has 0 aliphatic rings. The first-order valence-electron chi connectivity index (χ1n) is 6.25. The van der Waals surface area contributed by atoms with Crippen molar-refractivity contribution >= 4 is 6.09 Å². The molecule has 9 heteroatoms. The minimum Gasteiger partial charge on any atom is -0.444 e. The van der Waals surface area contributed by atoms with Crippen LogP contribution in [0.3, 0.4) is 0 Å². The average Bonchev–Trinajstić information content (AvgIpc) is 2.36. The maximum absolute atomic E-state index is 11.4. The summed E-state index contributed by atoms with van der Waals surface area (Å²) in [5, 5.41) is 25.9. The predicted octanol–water partition coefficient (Wildman–Crippen LogP) is -1.02. The SMILES string of the molecule is CC(C)(C)OC(=O)NCC(O)C(O)c1cc(=O)[nH][nH]c1=O. The highest BCUT2D eigenvalue weighted by Crippen LogP contribution is 2.11. The van der Waals surface area contributed by atoms with Gasteiger partial charge in [0, 0.05) is 12.6 Å². The molecule has 0 saturated carbocycles. The Morgan fingerprint density at radius 1 is 1.33 bits per heavy atom. The molecule has 0 aliphatic heterocycles. The minimum absolute atomic E-state index is 0.294. The number of carbonyl (C=O) groups is 1. The third-order valence-electron chi connectivity index (χ3n) is 2.39. The summed E-state index contributed by atoms with van der Waals surface area (Å²) < 4.78 is 4.95. The average molecular weight is 301 g/mol. The van der Waals surface area contributed by atoms with Crippen LogP contribution < -0.4 is 16.4 Å². The van der Waals surface area contributed by atoms with Crippen LogP contribution in [0.15, 0.2) is 15.7 Å². The van der Waals surface area contributed by atoms with Crippen LogP contribution in [0, 0.1) is 0 Å². The Hall–Kier alpha value is -2.13. The largest absolute Gasteiger partial charge is 0.444 e. The van der Waals surface area contributed by atoms with Crippen LogP contribution in [0.25, 0.3) is 0 Å². The van der Waals surface area contributed by atoms with Crippen molar-refractivity contribution < 1.29 is 19.7 Å². The number of hydrogen-bond acceptors (Lipinski definition) is 6. The molecule has 1 amide bonds. The molecule has 21 heavy (non-hydrogen) atoms. The maximum Gasteiger partial charge on any atom is 0.407 e. The van der Waals surface area contributed by atoms with Crippen LogP contribution in [0.2, 0.25) is 0 Å². The molecule has 0 fully saturated rings. The maximum atomic E-state index is 11.4. The first kappa shape index (κ1) is 16.9. The van der Waals surface area contributed by atoms with Gasteiger partial charge in [-0.3, -0.25) is 19.8 Å². The lowest BCUT2D eigenvalue weighted by molar-refractivity contribution is 0.0121. The number of H-pyrrole nitrogens is 2. The molecule has 1 heterocycles. The minimum atomic E-state index is -1.62. The van der Waals surface area contributed by atoms with Gasteiger partial charge in [-0.2, -0.15) is 0 Å². The van der Waals surface area contributed by atoms with Crippen molar-refractivity contribution in [2.24, 2.45) is 0 Å². The summed E-state index contributed by atoms with van der Waals surface area (Å²) in [6, 6.07) is 0.875. The second-order valence-corrected chi connectivity index (χ2v) is 5.44. The Labute approximate surface area is 119 Å². The molecule has 1 aromatic heterocycles. The van der Waals surface area contributed by atoms with Crippen molar-refractivity contribution in [2.75, 3.05) is 6.54 Å². The zero-order valence-corrected chi connectivity index (χ0v) is 12.0. The van der Waals surface area contributed by atoms with E-state index in [2.05, 4.69) is 5.32 Å². The molecule has 5 N–H and O–H groups in total. The van der Waals surface area contributed by atoms with Crippen LogP contribution in [0.5, 0.6) is 0 Å². The summed E-state index contributed by atoms with van der Waals surface area (Å²) in [6.45, 7) is 4.68. The number of nitrogens with one attached hydrogen (secondary N) is 3. The second kappa shape index (κ2) is 6.55. The monoisotopic (exact) mass is 301 g/mol. The van der Waals surface area contributed by atoms with Crippen LogP contribution in [-0.2, 0) is 4.74 Å². The fourth-order valence-corrected chi connectivity index (χ4v) is 1.47. The molecule has 0 aromatic carbocycles. The van der Waals surface area contributed by atoms with Crippen LogP contribution in [0.4, 0.5) is 4.79 Å². The van der Waals surface area contributed by atoms with E-state index in [0.717, 1.165) is 6.07 Å². The number of aromatic nitrogens is 2. The van der Waals surface area contributed by atoms with Gasteiger partial charge in [0.15, 0.2) is 0 Å². The molecule has 1 aromatic rings. The summed E-state index contributed by atoms with van der Waals surface area (Å²) >= 11 is 0. The zero-order chi connectivity index (χ0) is 16.2. The summed E-state index contributed by atoms with van der Waals surface area (Å²) in [5.74, 6) is 0. The standard InChI is InChI=1S/C12H19N3O6/c1-12(2,3)21-11(20)13-5-7(16)9(18)6-4-8(17)14-15-10(6)19/h4,7,9,16,18H,5H2,1-3H3,(H,13,20)(H,14,17)(H,15,19). The van der Waals surface area contributed by atoms with E-state index in [1.807, 2.05) is 10.2 Å². The predicted molar refractivity (Wildman–Crippen MR) is 72.9 cm³/mol. The van der Waals surface area contributed by atoms with E-state index in [0.29, 0.717) is 0 Å². The number of alkyl carbamates (subject to hydrolysis) is 1. The van der Waals surface area contributed by atoms with Crippen molar-refractivity contribution in [3.63, 3.8) is 0 Å². The van der Waals surface area contributed by atoms with E-state index >= 15 is 0 Å². The Bertz CT molecular complexity index is 600. The Balaban J connectivity index is 2.65. The van der Waals surface area contributed by atoms with Crippen molar-refractivity contribution in [1.82, 2.24) is 15.5 Å². The highest BCUT2D eigenvalue weighted by atomic mass is 16.6. The van der Waals surface area contributed by atoms with Gasteiger partial charge in [0.2, 0.25) is 0 Å². The van der Waals surface area contributed by atoms with E-state index in [1.54, 1.807) is 20.8 Å². The van der Waals surface area contributed by atoms with E-state index in [9.17, 15) is 24.6 Å². The second-order valence-electron chi connectivity index (χ2n) is 5.44. The van der Waals surface area contributed by atoms with Crippen molar-refractivity contribution in [1.29, 1.82) is 0 Å². The fourth-order valence-electron chi connectivity index (χ4n) is 1.47. The smallest absolute Gasteiger partial charge is 0.407 e. The zero-order valence-electron chi connectivity index (χ0n) is 12.0. The molecule has 0 radical (unpaired) electrons. The molecular formula is C12H19N3O6. The fraction of sp³-hybridized carbons (Fsp3) is 0.583. The number of aliphatic hydroxyl groups excluding tert-OH is 2. The lowest BCUT2D eigenvalue weighted by atomic mass is 10.1. The van der Waals surface area contributed by atoms with Crippen LogP contribution in [0.1, 0.15) is 32.4 Å². The number of amides is 1. The Kier molecular flexibility index (Phi) is 5.28. The van der Waals surface area contributed by atoms with Crippen molar-refractivity contribution in [3.05, 3.63) is 32.3 Å². The van der Waals surface area contributed by atoms with E-state index < -0.39 is 35.0 Å². The molecule has 9 nitrogen and oxygen atoms in total. The number of rotatable bonds is 4. The lowest BCUT2D eigenvalue weighted by Gasteiger charge is -2.21. The first-order valence-corrected chi connectivity index (χ1v) is 6.25. The van der Waals surface area contributed by atoms with Gasteiger partial charge in [-0.15, -0.1) is 0 Å². The van der Waals surface area contributed by atoms with E-state index in [-0.39, 0.29) is 12.1 Å². The molecule has 0 spiro atoms. The van der Waals surface area contributed by atoms with Gasteiger partial charge in [0.25, 0.3) is 11.1 Å². The molecule has 0 bridgehead atoms. The van der Waals surface area contributed by atoms with Gasteiger partial charge < -0.3 is 20.3 Å². The molecule has 118 valence electrons. The van der Waals surface area contributed by atoms with Gasteiger partial charge in [-0.05, 0) is 20.8 Å². The number of aromatic amines is 2. The molecular weight excluding hydrogens is 282 g/mol. The molecule has 2 atom stereocenters. The van der Waals surface area contributed by atoms with Gasteiger partial charge in [-0.25, -0.2) is 4.79 Å². The molecule has 0 aliphatic carbocycles. The topological polar surface area (TPSA) is 145 Å². The summed E-state index contributed by atoms with van der Waals surface area (Å²) in [7, 11) is 0. The first-order chi connectivity index (χ1) is 9.60. The highest BCUT2D eigenvalue weighted by molar-refractivity contribution is 5.67. The lowest BCUT2D eigenvalue weighted by Crippen LogP contribution is -2.40. The van der Waals surface area contributed by atoms with Crippen molar-refractivity contribution in [3.8, 4) is 0 Å². The third-order valence-corrected chi connectivity index (χ3v) is 2.39. The molecule has 1 rings (SSSR count). The highest BCUT2D eigenvalue weighted by Gasteiger charge is 2.23. The van der Waals surface area contributed by atoms with Crippen molar-refractivity contribution in [2.45, 2.75) is 38.6 Å². The molecule has 2 unspecified atom stereocenters. The summed E-state index contributed by atoms with van der Waals surface area (Å²) in [6.07, 6.45) is -3.86. The molecule has 0 saturated heterocycles. The Morgan fingerprint density at radius 2 is 1.95 bits per heavy atom. The summed E-state index contributed by atoms with van der Waals surface area (Å²) in [5.41, 5.74) is -2.36. The van der Waals surface area contributed by atoms with E-state index in [4.69, 9.17) is 4.74 Å². The summed E-state index contributed by atoms with van der Waals surface area (Å²) in [4.78, 5) is 33.9. The quantitative estimate of drug-likeness (QED) is 0.481. The van der Waals surface area contributed by atoms with Crippen LogP contribution in [-0.4, -0.2) is 44.8 Å². The normalized spacial score (nSPS) is 14.3. The van der Waals surface area contributed by atoms with Gasteiger partial charge in [0.1, 0.15) is 17.8 Å². The Morgan fingerprint density at radius 3 is 2.52 bits per heavy atom. The third kappa shape index (κ3) is 5.40. The van der Waals surface area contributed by atoms with Gasteiger partial charge in [-0.1, -0.05) is 0 Å². The van der Waals surface area contributed by atoms with Crippen LogP contribution >= 0.6 is 0 Å².